The molecule has 4 aromatic rings. The molecule has 1 nitrogen and oxygen atoms in total. The van der Waals surface area contributed by atoms with E-state index >= 15 is 0 Å². The molecule has 0 fully saturated rings. The van der Waals surface area contributed by atoms with Gasteiger partial charge in [-0.2, -0.15) is 0 Å². The molecule has 0 spiro atoms. The lowest BCUT2D eigenvalue weighted by molar-refractivity contribution is 0.596. The van der Waals surface area contributed by atoms with Gasteiger partial charge in [0.25, 0.3) is 0 Å². The molecule has 1 heteroatoms. The van der Waals surface area contributed by atoms with E-state index in [2.05, 4.69) is 107 Å². The first-order valence-electron chi connectivity index (χ1n) is 12.1. The summed E-state index contributed by atoms with van der Waals surface area (Å²) in [5.74, 6) is 0.702. The van der Waals surface area contributed by atoms with Crippen molar-refractivity contribution < 1.29 is 0 Å². The minimum atomic E-state index is 0.0634. The van der Waals surface area contributed by atoms with Gasteiger partial charge in [0.05, 0.1) is 5.69 Å². The molecule has 0 unspecified atom stereocenters. The minimum Gasteiger partial charge on any atom is -0.256 e. The van der Waals surface area contributed by atoms with Gasteiger partial charge in [0, 0.05) is 11.8 Å². The first-order valence-corrected chi connectivity index (χ1v) is 12.1. The Labute approximate surface area is 198 Å². The van der Waals surface area contributed by atoms with Gasteiger partial charge in [-0.1, -0.05) is 88.7 Å². The molecule has 33 heavy (non-hydrogen) atoms. The fraction of sp³-hybridized carbons (Fsp3) is 0.281. The first-order chi connectivity index (χ1) is 15.8. The third-order valence-corrected chi connectivity index (χ3v) is 6.65. The summed E-state index contributed by atoms with van der Waals surface area (Å²) in [4.78, 5) is 4.77. The van der Waals surface area contributed by atoms with Gasteiger partial charge in [0.2, 0.25) is 0 Å². The van der Waals surface area contributed by atoms with E-state index in [4.69, 9.17) is 4.98 Å². The molecule has 0 saturated heterocycles. The Hall–Kier alpha value is -3.19. The molecule has 0 N–H and O–H groups in total. The van der Waals surface area contributed by atoms with E-state index in [0.717, 1.165) is 12.1 Å². The third kappa shape index (κ3) is 4.37. The predicted molar refractivity (Wildman–Crippen MR) is 142 cm³/mol. The van der Waals surface area contributed by atoms with Crippen LogP contribution in [0.4, 0.5) is 0 Å². The van der Waals surface area contributed by atoms with Crippen molar-refractivity contribution >= 4 is 16.8 Å². The summed E-state index contributed by atoms with van der Waals surface area (Å²) in [5.41, 5.74) is 10.5. The Morgan fingerprint density at radius 2 is 1.64 bits per heavy atom. The van der Waals surface area contributed by atoms with Crippen LogP contribution in [-0.2, 0) is 11.8 Å². The van der Waals surface area contributed by atoms with Crippen molar-refractivity contribution in [3.05, 3.63) is 95.2 Å². The molecule has 166 valence electrons. The lowest BCUT2D eigenvalue weighted by Gasteiger charge is -2.22. The second-order valence-electron chi connectivity index (χ2n) is 10.9. The van der Waals surface area contributed by atoms with Crippen LogP contribution in [0, 0.1) is 5.92 Å². The van der Waals surface area contributed by atoms with Gasteiger partial charge >= 0.3 is 0 Å². The lowest BCUT2D eigenvalue weighted by Crippen LogP contribution is -2.12. The quantitative estimate of drug-likeness (QED) is 0.314. The molecule has 0 amide bonds. The van der Waals surface area contributed by atoms with Gasteiger partial charge in [-0.25, -0.2) is 0 Å². The first kappa shape index (κ1) is 21.6. The number of rotatable bonds is 4. The van der Waals surface area contributed by atoms with Crippen molar-refractivity contribution in [2.24, 2.45) is 5.92 Å². The average Bonchev–Trinajstić information content (AvgIpc) is 3.18. The molecule has 5 rings (SSSR count). The Kier molecular flexibility index (Phi) is 5.44. The Morgan fingerprint density at radius 1 is 0.848 bits per heavy atom. The van der Waals surface area contributed by atoms with Crippen molar-refractivity contribution in [3.63, 3.8) is 0 Å². The van der Waals surface area contributed by atoms with E-state index < -0.39 is 0 Å². The Bertz CT molecular complexity index is 1370. The van der Waals surface area contributed by atoms with Crippen molar-refractivity contribution in [2.45, 2.75) is 52.9 Å². The van der Waals surface area contributed by atoms with Crippen molar-refractivity contribution in [2.75, 3.05) is 0 Å². The molecule has 1 aromatic heterocycles. The molecule has 1 aliphatic carbocycles. The fourth-order valence-corrected chi connectivity index (χ4v) is 5.10. The highest BCUT2D eigenvalue weighted by molar-refractivity contribution is 5.91. The van der Waals surface area contributed by atoms with Gasteiger partial charge in [-0.3, -0.25) is 4.98 Å². The molecular formula is C32H33N. The number of nitrogens with zero attached hydrogens (tertiary/aromatic N) is 1. The number of hydrogen-bond acceptors (Lipinski definition) is 1. The van der Waals surface area contributed by atoms with Crippen LogP contribution in [0.2, 0.25) is 0 Å². The fourth-order valence-electron chi connectivity index (χ4n) is 5.10. The zero-order valence-corrected chi connectivity index (χ0v) is 20.4. The van der Waals surface area contributed by atoms with E-state index in [1.165, 1.54) is 50.6 Å². The second kappa shape index (κ2) is 8.30. The minimum absolute atomic E-state index is 0.0634. The molecule has 0 radical (unpaired) electrons. The maximum Gasteiger partial charge on any atom is 0.0708 e. The van der Waals surface area contributed by atoms with Crippen molar-refractivity contribution in [1.82, 2.24) is 4.98 Å². The molecule has 1 aliphatic rings. The summed E-state index contributed by atoms with van der Waals surface area (Å²) in [6, 6.07) is 24.6. The average molecular weight is 432 g/mol. The smallest absolute Gasteiger partial charge is 0.0708 e. The third-order valence-electron chi connectivity index (χ3n) is 6.65. The molecule has 0 bridgehead atoms. The van der Waals surface area contributed by atoms with Gasteiger partial charge in [0.1, 0.15) is 0 Å². The summed E-state index contributed by atoms with van der Waals surface area (Å²) < 4.78 is 0. The van der Waals surface area contributed by atoms with E-state index in [0.29, 0.717) is 5.92 Å². The maximum absolute atomic E-state index is 4.77. The number of hydrogen-bond donors (Lipinski definition) is 0. The highest BCUT2D eigenvalue weighted by atomic mass is 14.7. The summed E-state index contributed by atoms with van der Waals surface area (Å²) >= 11 is 0. The Balaban J connectivity index is 1.53. The van der Waals surface area contributed by atoms with Crippen LogP contribution < -0.4 is 0 Å². The van der Waals surface area contributed by atoms with Crippen molar-refractivity contribution in [3.8, 4) is 22.4 Å². The predicted octanol–water partition coefficient (Wildman–Crippen LogP) is 8.85. The van der Waals surface area contributed by atoms with Crippen LogP contribution in [0.15, 0.2) is 78.5 Å². The maximum atomic E-state index is 4.77. The summed E-state index contributed by atoms with van der Waals surface area (Å²) in [6.45, 7) is 11.5. The summed E-state index contributed by atoms with van der Waals surface area (Å²) in [5, 5.41) is 2.60. The summed E-state index contributed by atoms with van der Waals surface area (Å²) in [6.07, 6.45) is 6.60. The Morgan fingerprint density at radius 3 is 2.42 bits per heavy atom. The molecule has 0 aliphatic heterocycles. The number of allylic oxidation sites excluding steroid dienone is 1. The van der Waals surface area contributed by atoms with E-state index in [1.807, 2.05) is 6.20 Å². The van der Waals surface area contributed by atoms with Crippen LogP contribution in [0.25, 0.3) is 39.2 Å². The van der Waals surface area contributed by atoms with Crippen LogP contribution in [0.1, 0.15) is 57.7 Å². The van der Waals surface area contributed by atoms with E-state index in [-0.39, 0.29) is 5.41 Å². The monoisotopic (exact) mass is 431 g/mol. The van der Waals surface area contributed by atoms with Gasteiger partial charge < -0.3 is 0 Å². The number of aromatic nitrogens is 1. The van der Waals surface area contributed by atoms with Gasteiger partial charge in [-0.15, -0.1) is 0 Å². The second-order valence-corrected chi connectivity index (χ2v) is 10.9. The highest BCUT2D eigenvalue weighted by Crippen LogP contribution is 2.36. The zero-order valence-electron chi connectivity index (χ0n) is 20.4. The standard InChI is InChI=1S/C32H33N/c1-21(2)14-22-15-23-10-11-24(17-27(23)16-22)25-12-13-33-31(20-25)28-18-26-8-6-7-9-29(26)30(19-28)32(3,4)5/h6-13,15,17-21H,14,16H2,1-5H3. The van der Waals surface area contributed by atoms with Crippen LogP contribution in [0.5, 0.6) is 0 Å². The van der Waals surface area contributed by atoms with Crippen molar-refractivity contribution in [1.29, 1.82) is 0 Å². The lowest BCUT2D eigenvalue weighted by atomic mass is 9.82. The van der Waals surface area contributed by atoms with Gasteiger partial charge in [-0.05, 0) is 87.0 Å². The molecule has 1 heterocycles. The van der Waals surface area contributed by atoms with Crippen LogP contribution >= 0.6 is 0 Å². The number of fused-ring (bicyclic) bond motifs is 2. The molecular weight excluding hydrogens is 398 g/mol. The van der Waals surface area contributed by atoms with Crippen LogP contribution in [0.3, 0.4) is 0 Å². The topological polar surface area (TPSA) is 12.9 Å². The molecule has 0 saturated carbocycles. The number of pyridine rings is 1. The normalized spacial score (nSPS) is 13.5. The molecule has 3 aromatic carbocycles. The van der Waals surface area contributed by atoms with Crippen LogP contribution in [-0.4, -0.2) is 4.98 Å². The largest absolute Gasteiger partial charge is 0.256 e. The van der Waals surface area contributed by atoms with E-state index in [1.54, 1.807) is 5.57 Å². The zero-order chi connectivity index (χ0) is 23.2. The highest BCUT2D eigenvalue weighted by Gasteiger charge is 2.19. The van der Waals surface area contributed by atoms with Gasteiger partial charge in [0.15, 0.2) is 0 Å². The molecule has 0 atom stereocenters. The SMILES string of the molecule is CC(C)CC1=Cc2ccc(-c3ccnc(-c4cc(C(C)(C)C)c5ccccc5c4)c3)cc2C1. The summed E-state index contributed by atoms with van der Waals surface area (Å²) in [7, 11) is 0. The number of benzene rings is 3. The van der Waals surface area contributed by atoms with E-state index in [9.17, 15) is 0 Å².